The van der Waals surface area contributed by atoms with Crippen LogP contribution in [0.5, 0.6) is 0 Å². The Kier molecular flexibility index (Phi) is 5.38. The van der Waals surface area contributed by atoms with Crippen molar-refractivity contribution in [3.63, 3.8) is 0 Å². The molecule has 0 atom stereocenters. The zero-order valence-corrected chi connectivity index (χ0v) is 14.4. The average Bonchev–Trinajstić information content (AvgIpc) is 2.59. The molecular formula is C19H21F2N3O. The number of benzene rings is 1. The highest BCUT2D eigenvalue weighted by Crippen LogP contribution is 2.24. The van der Waals surface area contributed by atoms with Crippen molar-refractivity contribution in [1.29, 1.82) is 0 Å². The van der Waals surface area contributed by atoms with E-state index in [1.165, 1.54) is 11.6 Å². The van der Waals surface area contributed by atoms with Crippen molar-refractivity contribution in [2.75, 3.05) is 25.1 Å². The Morgan fingerprint density at radius 2 is 1.88 bits per heavy atom. The van der Waals surface area contributed by atoms with Gasteiger partial charge in [0, 0.05) is 32.0 Å². The molecule has 1 aromatic heterocycles. The van der Waals surface area contributed by atoms with Gasteiger partial charge in [-0.2, -0.15) is 0 Å². The summed E-state index contributed by atoms with van der Waals surface area (Å²) >= 11 is 0. The number of hydrogen-bond donors (Lipinski definition) is 0. The number of piperidine rings is 1. The topological polar surface area (TPSA) is 38.2 Å². The Morgan fingerprint density at radius 3 is 2.56 bits per heavy atom. The molecule has 2 aromatic rings. The lowest BCUT2D eigenvalue weighted by Crippen LogP contribution is -2.31. The van der Waals surface area contributed by atoms with E-state index in [4.69, 9.17) is 4.74 Å². The van der Waals surface area contributed by atoms with Crippen molar-refractivity contribution in [1.82, 2.24) is 9.97 Å². The molecule has 0 saturated carbocycles. The first-order chi connectivity index (χ1) is 12.0. The minimum absolute atomic E-state index is 0.393. The molecule has 6 heteroatoms. The maximum Gasteiger partial charge on any atom is 0.159 e. The molecule has 25 heavy (non-hydrogen) atoms. The lowest BCUT2D eigenvalue weighted by molar-refractivity contribution is 0.177. The van der Waals surface area contributed by atoms with Crippen LogP contribution in [-0.4, -0.2) is 30.2 Å². The Balaban J connectivity index is 1.69. The molecule has 4 nitrogen and oxygen atoms in total. The lowest BCUT2D eigenvalue weighted by Gasteiger charge is -2.30. The van der Waals surface area contributed by atoms with Gasteiger partial charge in [-0.15, -0.1) is 0 Å². The van der Waals surface area contributed by atoms with E-state index in [2.05, 4.69) is 14.9 Å². The zero-order chi connectivity index (χ0) is 17.8. The van der Waals surface area contributed by atoms with Crippen LogP contribution in [0.4, 0.5) is 14.6 Å². The zero-order valence-electron chi connectivity index (χ0n) is 14.4. The molecule has 132 valence electrons. The quantitative estimate of drug-likeness (QED) is 0.842. The predicted molar refractivity (Wildman–Crippen MR) is 93.3 cm³/mol. The minimum Gasteiger partial charge on any atom is -0.377 e. The largest absolute Gasteiger partial charge is 0.377 e. The van der Waals surface area contributed by atoms with E-state index >= 15 is 0 Å². The van der Waals surface area contributed by atoms with Crippen molar-refractivity contribution in [2.24, 2.45) is 0 Å². The second-order valence-corrected chi connectivity index (χ2v) is 6.18. The number of anilines is 1. The Morgan fingerprint density at radius 1 is 1.12 bits per heavy atom. The van der Waals surface area contributed by atoms with E-state index in [0.717, 1.165) is 43.5 Å². The van der Waals surface area contributed by atoms with Gasteiger partial charge in [-0.05, 0) is 37.5 Å². The molecule has 0 unspecified atom stereocenters. The third-order valence-electron chi connectivity index (χ3n) is 4.20. The monoisotopic (exact) mass is 345 g/mol. The summed E-state index contributed by atoms with van der Waals surface area (Å²) in [6.07, 6.45) is 3.67. The van der Waals surface area contributed by atoms with Gasteiger partial charge in [-0.25, -0.2) is 18.7 Å². The number of hydrogen-bond acceptors (Lipinski definition) is 4. The fourth-order valence-corrected chi connectivity index (χ4v) is 2.97. The van der Waals surface area contributed by atoms with E-state index in [0.29, 0.717) is 18.0 Å². The van der Waals surface area contributed by atoms with Gasteiger partial charge in [-0.1, -0.05) is 17.7 Å². The molecule has 1 aromatic carbocycles. The van der Waals surface area contributed by atoms with Gasteiger partial charge in [0.05, 0.1) is 0 Å². The van der Waals surface area contributed by atoms with E-state index < -0.39 is 11.6 Å². The van der Waals surface area contributed by atoms with Crippen molar-refractivity contribution < 1.29 is 13.5 Å². The van der Waals surface area contributed by atoms with Gasteiger partial charge in [0.1, 0.15) is 12.4 Å². The molecule has 0 spiro atoms. The molecule has 1 saturated heterocycles. The van der Waals surface area contributed by atoms with E-state index in [-0.39, 0.29) is 0 Å². The number of aryl methyl sites for hydroxylation is 1. The SMILES string of the molecule is COCc1nc(C)cc(N2CCC(=Cc3ccc(F)c(F)c3)CC2)n1. The van der Waals surface area contributed by atoms with Crippen molar-refractivity contribution >= 4 is 11.9 Å². The van der Waals surface area contributed by atoms with Crippen LogP contribution < -0.4 is 4.90 Å². The smallest absolute Gasteiger partial charge is 0.159 e. The molecule has 1 aliphatic heterocycles. The summed E-state index contributed by atoms with van der Waals surface area (Å²) < 4.78 is 31.4. The van der Waals surface area contributed by atoms with Gasteiger partial charge < -0.3 is 9.64 Å². The normalized spacial score (nSPS) is 14.7. The molecule has 0 N–H and O–H groups in total. The Bertz CT molecular complexity index is 782. The molecule has 0 bridgehead atoms. The van der Waals surface area contributed by atoms with Crippen LogP contribution in [0.15, 0.2) is 29.8 Å². The average molecular weight is 345 g/mol. The third kappa shape index (κ3) is 4.39. The van der Waals surface area contributed by atoms with Crippen LogP contribution in [0.25, 0.3) is 6.08 Å². The minimum atomic E-state index is -0.817. The second-order valence-electron chi connectivity index (χ2n) is 6.18. The van der Waals surface area contributed by atoms with E-state index in [1.807, 2.05) is 19.1 Å². The lowest BCUT2D eigenvalue weighted by atomic mass is 10.0. The van der Waals surface area contributed by atoms with Crippen molar-refractivity contribution in [3.05, 3.63) is 58.6 Å². The van der Waals surface area contributed by atoms with E-state index in [9.17, 15) is 8.78 Å². The molecule has 0 aliphatic carbocycles. The summed E-state index contributed by atoms with van der Waals surface area (Å²) in [7, 11) is 1.63. The standard InChI is InChI=1S/C19H21F2N3O/c1-13-9-19(23-18(22-13)12-25-2)24-7-5-14(6-8-24)10-15-3-4-16(20)17(21)11-15/h3-4,9-11H,5-8,12H2,1-2H3. The molecule has 0 radical (unpaired) electrons. The van der Waals surface area contributed by atoms with Crippen LogP contribution in [-0.2, 0) is 11.3 Å². The fraction of sp³-hybridized carbons (Fsp3) is 0.368. The molecule has 1 fully saturated rings. The van der Waals surface area contributed by atoms with Gasteiger partial charge in [0.25, 0.3) is 0 Å². The van der Waals surface area contributed by atoms with Crippen LogP contribution >= 0.6 is 0 Å². The van der Waals surface area contributed by atoms with Crippen LogP contribution in [0.2, 0.25) is 0 Å². The first-order valence-electron chi connectivity index (χ1n) is 8.28. The summed E-state index contributed by atoms with van der Waals surface area (Å²) in [6.45, 7) is 4.00. The summed E-state index contributed by atoms with van der Waals surface area (Å²) in [5.74, 6) is -0.0380. The molecule has 2 heterocycles. The summed E-state index contributed by atoms with van der Waals surface area (Å²) in [5.41, 5.74) is 2.84. The maximum absolute atomic E-state index is 13.3. The first kappa shape index (κ1) is 17.5. The first-order valence-corrected chi connectivity index (χ1v) is 8.28. The highest BCUT2D eigenvalue weighted by molar-refractivity contribution is 5.54. The Labute approximate surface area is 146 Å². The predicted octanol–water partition coefficient (Wildman–Crippen LogP) is 3.89. The highest BCUT2D eigenvalue weighted by atomic mass is 19.2. The highest BCUT2D eigenvalue weighted by Gasteiger charge is 2.17. The van der Waals surface area contributed by atoms with Crippen molar-refractivity contribution in [2.45, 2.75) is 26.4 Å². The summed E-state index contributed by atoms with van der Waals surface area (Å²) in [5, 5.41) is 0. The molecule has 1 aliphatic rings. The second kappa shape index (κ2) is 7.70. The number of halogens is 2. The number of ether oxygens (including phenoxy) is 1. The van der Waals surface area contributed by atoms with Crippen LogP contribution in [0.1, 0.15) is 29.9 Å². The van der Waals surface area contributed by atoms with Gasteiger partial charge in [0.2, 0.25) is 0 Å². The third-order valence-corrected chi connectivity index (χ3v) is 4.20. The Hall–Kier alpha value is -2.34. The number of aromatic nitrogens is 2. The molecule has 3 rings (SSSR count). The van der Waals surface area contributed by atoms with Gasteiger partial charge in [0.15, 0.2) is 17.5 Å². The summed E-state index contributed by atoms with van der Waals surface area (Å²) in [6, 6.07) is 5.98. The van der Waals surface area contributed by atoms with Crippen LogP contribution in [0.3, 0.4) is 0 Å². The van der Waals surface area contributed by atoms with Crippen LogP contribution in [0, 0.1) is 18.6 Å². The summed E-state index contributed by atoms with van der Waals surface area (Å²) in [4.78, 5) is 11.1. The van der Waals surface area contributed by atoms with Gasteiger partial charge >= 0.3 is 0 Å². The number of nitrogens with zero attached hydrogens (tertiary/aromatic N) is 3. The van der Waals surface area contributed by atoms with E-state index in [1.54, 1.807) is 13.2 Å². The number of methoxy groups -OCH3 is 1. The molecule has 0 amide bonds. The van der Waals surface area contributed by atoms with Gasteiger partial charge in [-0.3, -0.25) is 0 Å². The fourth-order valence-electron chi connectivity index (χ4n) is 2.97. The molecular weight excluding hydrogens is 324 g/mol. The maximum atomic E-state index is 13.3. The number of rotatable bonds is 4. The van der Waals surface area contributed by atoms with Crippen molar-refractivity contribution in [3.8, 4) is 0 Å².